The molecule has 0 bridgehead atoms. The molecule has 0 aliphatic carbocycles. The van der Waals surface area contributed by atoms with Gasteiger partial charge in [-0.2, -0.15) is 0 Å². The van der Waals surface area contributed by atoms with Crippen molar-refractivity contribution in [1.82, 2.24) is 5.32 Å². The molecule has 0 heterocycles. The molecule has 96 valence electrons. The van der Waals surface area contributed by atoms with Crippen LogP contribution in [0.1, 0.15) is 13.3 Å². The van der Waals surface area contributed by atoms with Crippen molar-refractivity contribution in [2.75, 3.05) is 13.2 Å². The van der Waals surface area contributed by atoms with Crippen LogP contribution < -0.4 is 5.32 Å². The van der Waals surface area contributed by atoms with E-state index in [0.717, 1.165) is 0 Å². The summed E-state index contributed by atoms with van der Waals surface area (Å²) in [6.45, 7) is 1.37. The van der Waals surface area contributed by atoms with Gasteiger partial charge in [-0.15, -0.1) is 0 Å². The summed E-state index contributed by atoms with van der Waals surface area (Å²) in [7, 11) is 0. The molecular weight excluding hydrogens is 218 g/mol. The average molecular weight is 237 g/mol. The molecule has 0 aromatic carbocycles. The molecule has 1 amide bonds. The minimum atomic E-state index is -1.85. The molecule has 0 aromatic rings. The van der Waals surface area contributed by atoms with E-state index in [1.165, 1.54) is 0 Å². The topological polar surface area (TPSA) is 130 Å². The van der Waals surface area contributed by atoms with E-state index >= 15 is 0 Å². The van der Waals surface area contributed by atoms with Crippen molar-refractivity contribution < 1.29 is 30.3 Å². The molecule has 0 radical (unpaired) electrons. The molecule has 0 saturated carbocycles. The third-order valence-electron chi connectivity index (χ3n) is 2.07. The Morgan fingerprint density at radius 2 is 1.75 bits per heavy atom. The van der Waals surface area contributed by atoms with Crippen LogP contribution in [-0.2, 0) is 4.79 Å². The fourth-order valence-corrected chi connectivity index (χ4v) is 1.03. The van der Waals surface area contributed by atoms with Gasteiger partial charge in [0.1, 0.15) is 18.3 Å². The zero-order chi connectivity index (χ0) is 12.7. The van der Waals surface area contributed by atoms with Crippen LogP contribution in [-0.4, -0.2) is 69.0 Å². The highest BCUT2D eigenvalue weighted by Gasteiger charge is 2.33. The van der Waals surface area contributed by atoms with E-state index in [2.05, 4.69) is 5.32 Å². The maximum Gasteiger partial charge on any atom is 0.251 e. The first-order valence-electron chi connectivity index (χ1n) is 5.06. The van der Waals surface area contributed by atoms with E-state index < -0.39 is 36.9 Å². The number of hydrogen-bond acceptors (Lipinski definition) is 6. The van der Waals surface area contributed by atoms with Gasteiger partial charge in [-0.3, -0.25) is 4.79 Å². The molecule has 4 atom stereocenters. The van der Waals surface area contributed by atoms with E-state index in [4.69, 9.17) is 10.2 Å². The van der Waals surface area contributed by atoms with Gasteiger partial charge in [0.2, 0.25) is 0 Å². The van der Waals surface area contributed by atoms with E-state index in [0.29, 0.717) is 13.0 Å². The molecule has 0 saturated heterocycles. The van der Waals surface area contributed by atoms with Crippen molar-refractivity contribution in [1.29, 1.82) is 0 Å². The second kappa shape index (κ2) is 7.53. The zero-order valence-electron chi connectivity index (χ0n) is 9.08. The molecule has 7 nitrogen and oxygen atoms in total. The molecule has 0 fully saturated rings. The number of aliphatic hydroxyl groups excluding tert-OH is 5. The summed E-state index contributed by atoms with van der Waals surface area (Å²) >= 11 is 0. The van der Waals surface area contributed by atoms with Crippen LogP contribution in [0.4, 0.5) is 0 Å². The Hall–Kier alpha value is -0.730. The smallest absolute Gasteiger partial charge is 0.251 e. The first kappa shape index (κ1) is 15.3. The molecule has 0 aliphatic heterocycles. The van der Waals surface area contributed by atoms with Crippen molar-refractivity contribution in [3.8, 4) is 0 Å². The number of carbonyl (C=O) groups excluding carboxylic acids is 1. The number of hydrogen-bond donors (Lipinski definition) is 6. The van der Waals surface area contributed by atoms with E-state index in [1.54, 1.807) is 0 Å². The Morgan fingerprint density at radius 3 is 2.19 bits per heavy atom. The van der Waals surface area contributed by atoms with Crippen LogP contribution in [0, 0.1) is 0 Å². The first-order valence-corrected chi connectivity index (χ1v) is 5.06. The van der Waals surface area contributed by atoms with Crippen LogP contribution in [0.5, 0.6) is 0 Å². The number of amides is 1. The van der Waals surface area contributed by atoms with E-state index in [-0.39, 0.29) is 0 Å². The van der Waals surface area contributed by atoms with Crippen LogP contribution in [0.2, 0.25) is 0 Å². The predicted octanol–water partition coefficient (Wildman–Crippen LogP) is -3.05. The lowest BCUT2D eigenvalue weighted by molar-refractivity contribution is -0.148. The summed E-state index contributed by atoms with van der Waals surface area (Å²) in [5, 5.41) is 47.7. The lowest BCUT2D eigenvalue weighted by Crippen LogP contribution is -2.51. The fraction of sp³-hybridized carbons (Fsp3) is 0.889. The Balaban J connectivity index is 4.25. The van der Waals surface area contributed by atoms with Crippen molar-refractivity contribution in [2.24, 2.45) is 0 Å². The van der Waals surface area contributed by atoms with Gasteiger partial charge in [-0.1, -0.05) is 6.92 Å². The highest BCUT2D eigenvalue weighted by Crippen LogP contribution is 2.05. The van der Waals surface area contributed by atoms with E-state index in [9.17, 15) is 20.1 Å². The molecule has 16 heavy (non-hydrogen) atoms. The Kier molecular flexibility index (Phi) is 7.18. The molecule has 0 unspecified atom stereocenters. The maximum atomic E-state index is 11.2. The molecule has 6 N–H and O–H groups in total. The standard InChI is InChI=1S/C9H19NO6/c1-2-3-10-9(16)8(15)7(14)6(13)5(12)4-11/h5-8,11-15H,2-4H2,1H3,(H,10,16)/t5-,6-,7+,8+/m1/s1. The molecule has 0 spiro atoms. The summed E-state index contributed by atoms with van der Waals surface area (Å²) in [6.07, 6.45) is -6.42. The van der Waals surface area contributed by atoms with Gasteiger partial charge in [0.15, 0.2) is 6.10 Å². The van der Waals surface area contributed by atoms with Crippen LogP contribution >= 0.6 is 0 Å². The lowest BCUT2D eigenvalue weighted by atomic mass is 10.0. The third kappa shape index (κ3) is 4.42. The van der Waals surface area contributed by atoms with Gasteiger partial charge in [0.25, 0.3) is 5.91 Å². The van der Waals surface area contributed by atoms with Crippen molar-refractivity contribution >= 4 is 5.91 Å². The maximum absolute atomic E-state index is 11.2. The molecular formula is C9H19NO6. The van der Waals surface area contributed by atoms with Gasteiger partial charge in [-0.25, -0.2) is 0 Å². The van der Waals surface area contributed by atoms with Crippen LogP contribution in [0.3, 0.4) is 0 Å². The van der Waals surface area contributed by atoms with Crippen LogP contribution in [0.25, 0.3) is 0 Å². The second-order valence-electron chi connectivity index (χ2n) is 3.47. The summed E-state index contributed by atoms with van der Waals surface area (Å²) < 4.78 is 0. The number of aliphatic hydroxyl groups is 5. The monoisotopic (exact) mass is 237 g/mol. The third-order valence-corrected chi connectivity index (χ3v) is 2.07. The minimum absolute atomic E-state index is 0.335. The Bertz CT molecular complexity index is 212. The normalized spacial score (nSPS) is 18.6. The SMILES string of the molecule is CCCNC(=O)[C@@H](O)[C@@H](O)[C@H](O)[C@H](O)CO. The van der Waals surface area contributed by atoms with E-state index in [1.807, 2.05) is 6.92 Å². The molecule has 0 aliphatic rings. The Labute approximate surface area is 93.3 Å². The highest BCUT2D eigenvalue weighted by molar-refractivity contribution is 5.81. The number of rotatable bonds is 7. The van der Waals surface area contributed by atoms with Crippen molar-refractivity contribution in [3.63, 3.8) is 0 Å². The van der Waals surface area contributed by atoms with Gasteiger partial charge in [0.05, 0.1) is 6.61 Å². The second-order valence-corrected chi connectivity index (χ2v) is 3.47. The summed E-state index contributed by atoms with van der Waals surface area (Å²) in [4.78, 5) is 11.2. The average Bonchev–Trinajstić information content (AvgIpc) is 2.31. The van der Waals surface area contributed by atoms with Crippen LogP contribution in [0.15, 0.2) is 0 Å². The minimum Gasteiger partial charge on any atom is -0.394 e. The quantitative estimate of drug-likeness (QED) is 0.279. The van der Waals surface area contributed by atoms with Crippen molar-refractivity contribution in [3.05, 3.63) is 0 Å². The first-order chi connectivity index (χ1) is 7.45. The molecule has 7 heteroatoms. The predicted molar refractivity (Wildman–Crippen MR) is 54.4 cm³/mol. The fourth-order valence-electron chi connectivity index (χ4n) is 1.03. The van der Waals surface area contributed by atoms with Gasteiger partial charge in [-0.05, 0) is 6.42 Å². The Morgan fingerprint density at radius 1 is 1.19 bits per heavy atom. The molecule has 0 aromatic heterocycles. The highest BCUT2D eigenvalue weighted by atomic mass is 16.4. The molecule has 0 rings (SSSR count). The van der Waals surface area contributed by atoms with Crippen molar-refractivity contribution in [2.45, 2.75) is 37.8 Å². The summed E-state index contributed by atoms with van der Waals surface area (Å²) in [6, 6.07) is 0. The number of nitrogens with one attached hydrogen (secondary N) is 1. The zero-order valence-corrected chi connectivity index (χ0v) is 9.08. The van der Waals surface area contributed by atoms with Gasteiger partial charge < -0.3 is 30.8 Å². The lowest BCUT2D eigenvalue weighted by Gasteiger charge is -2.24. The summed E-state index contributed by atoms with van der Waals surface area (Å²) in [5.41, 5.74) is 0. The van der Waals surface area contributed by atoms with Gasteiger partial charge in [0, 0.05) is 6.54 Å². The number of carbonyl (C=O) groups is 1. The summed E-state index contributed by atoms with van der Waals surface area (Å²) in [5.74, 6) is -0.835. The largest absolute Gasteiger partial charge is 0.394 e. The van der Waals surface area contributed by atoms with Gasteiger partial charge >= 0.3 is 0 Å².